The summed E-state index contributed by atoms with van der Waals surface area (Å²) >= 11 is 0. The van der Waals surface area contributed by atoms with Crippen LogP contribution < -0.4 is 4.74 Å². The summed E-state index contributed by atoms with van der Waals surface area (Å²) in [7, 11) is 0. The number of hydrogen-bond donors (Lipinski definition) is 1. The number of carboxylic acid groups (broad SMARTS) is 1. The number of alkyl halides is 3. The highest BCUT2D eigenvalue weighted by atomic mass is 19.4. The summed E-state index contributed by atoms with van der Waals surface area (Å²) in [5.74, 6) is -1.80. The van der Waals surface area contributed by atoms with Gasteiger partial charge in [-0.3, -0.25) is 9.78 Å². The van der Waals surface area contributed by atoms with E-state index in [0.29, 0.717) is 0 Å². The fraction of sp³-hybridized carbons (Fsp3) is 0.250. The van der Waals surface area contributed by atoms with Gasteiger partial charge in [0.25, 0.3) is 0 Å². The maximum absolute atomic E-state index is 11.9. The van der Waals surface area contributed by atoms with Crippen LogP contribution in [0.4, 0.5) is 13.2 Å². The molecule has 0 saturated carbocycles. The molecule has 0 aliphatic rings. The normalized spacial score (nSPS) is 11.1. The average Bonchev–Trinajstić information content (AvgIpc) is 2.05. The molecule has 0 fully saturated rings. The molecule has 1 N–H and O–H groups in total. The van der Waals surface area contributed by atoms with E-state index in [1.807, 2.05) is 0 Å². The summed E-state index contributed by atoms with van der Waals surface area (Å²) in [6, 6.07) is 0.964. The Labute approximate surface area is 82.3 Å². The van der Waals surface area contributed by atoms with Gasteiger partial charge in [0.15, 0.2) is 0 Å². The summed E-state index contributed by atoms with van der Waals surface area (Å²) in [5, 5.41) is 8.43. The van der Waals surface area contributed by atoms with Crippen LogP contribution in [0.25, 0.3) is 0 Å². The zero-order valence-corrected chi connectivity index (χ0v) is 7.28. The number of halogens is 3. The highest BCUT2D eigenvalue weighted by molar-refractivity contribution is 5.71. The van der Waals surface area contributed by atoms with Crippen molar-refractivity contribution < 1.29 is 27.8 Å². The van der Waals surface area contributed by atoms with Crippen LogP contribution in [0.15, 0.2) is 18.5 Å². The van der Waals surface area contributed by atoms with E-state index in [2.05, 4.69) is 9.72 Å². The first-order valence-corrected chi connectivity index (χ1v) is 3.79. The Kier molecular flexibility index (Phi) is 3.13. The third-order valence-electron chi connectivity index (χ3n) is 1.43. The Balaban J connectivity index is 2.91. The van der Waals surface area contributed by atoms with Crippen LogP contribution in [0.1, 0.15) is 5.56 Å². The van der Waals surface area contributed by atoms with E-state index in [-0.39, 0.29) is 5.56 Å². The molecule has 0 aliphatic carbocycles. The predicted octanol–water partition coefficient (Wildman–Crippen LogP) is 1.61. The van der Waals surface area contributed by atoms with Crippen LogP contribution in [0.5, 0.6) is 5.75 Å². The molecule has 0 bridgehead atoms. The molecule has 1 rings (SSSR count). The Morgan fingerprint density at radius 1 is 1.53 bits per heavy atom. The van der Waals surface area contributed by atoms with Gasteiger partial charge in [0.05, 0.1) is 6.42 Å². The number of carbonyl (C=O) groups is 1. The second kappa shape index (κ2) is 4.16. The molecule has 1 aromatic rings. The standard InChI is InChI=1S/C8H6F3NO3/c9-8(10,11)15-6-1-2-12-4-5(6)3-7(13)14/h1-2,4H,3H2,(H,13,14). The van der Waals surface area contributed by atoms with Crippen LogP contribution in [0, 0.1) is 0 Å². The maximum Gasteiger partial charge on any atom is 0.573 e. The van der Waals surface area contributed by atoms with Crippen molar-refractivity contribution in [3.63, 3.8) is 0 Å². The number of aliphatic carboxylic acids is 1. The molecule has 4 nitrogen and oxygen atoms in total. The number of nitrogens with zero attached hydrogens (tertiary/aromatic N) is 1. The molecule has 0 amide bonds. The highest BCUT2D eigenvalue weighted by Gasteiger charge is 2.32. The minimum atomic E-state index is -4.84. The maximum atomic E-state index is 11.9. The Morgan fingerprint density at radius 3 is 2.73 bits per heavy atom. The molecule has 0 spiro atoms. The van der Waals surface area contributed by atoms with E-state index < -0.39 is 24.5 Å². The van der Waals surface area contributed by atoms with Gasteiger partial charge in [-0.05, 0) is 6.07 Å². The zero-order valence-electron chi connectivity index (χ0n) is 7.28. The Hall–Kier alpha value is -1.79. The number of carboxylic acids is 1. The van der Waals surface area contributed by atoms with Gasteiger partial charge in [-0.25, -0.2) is 0 Å². The lowest BCUT2D eigenvalue weighted by Gasteiger charge is -2.11. The molecule has 0 unspecified atom stereocenters. The zero-order chi connectivity index (χ0) is 11.5. The third kappa shape index (κ3) is 3.84. The van der Waals surface area contributed by atoms with Crippen LogP contribution >= 0.6 is 0 Å². The van der Waals surface area contributed by atoms with Crippen LogP contribution in [-0.4, -0.2) is 22.4 Å². The van der Waals surface area contributed by atoms with Gasteiger partial charge in [0, 0.05) is 18.0 Å². The van der Waals surface area contributed by atoms with Crippen molar-refractivity contribution in [2.75, 3.05) is 0 Å². The van der Waals surface area contributed by atoms with E-state index in [9.17, 15) is 18.0 Å². The van der Waals surface area contributed by atoms with Crippen molar-refractivity contribution in [1.29, 1.82) is 0 Å². The lowest BCUT2D eigenvalue weighted by Crippen LogP contribution is -2.18. The van der Waals surface area contributed by atoms with Gasteiger partial charge in [-0.15, -0.1) is 13.2 Å². The van der Waals surface area contributed by atoms with Gasteiger partial charge in [0.1, 0.15) is 5.75 Å². The monoisotopic (exact) mass is 221 g/mol. The summed E-state index contributed by atoms with van der Waals surface area (Å²) in [5.41, 5.74) is -0.123. The lowest BCUT2D eigenvalue weighted by molar-refractivity contribution is -0.275. The van der Waals surface area contributed by atoms with Gasteiger partial charge in [-0.2, -0.15) is 0 Å². The second-order valence-corrected chi connectivity index (χ2v) is 2.60. The fourth-order valence-corrected chi connectivity index (χ4v) is 0.934. The quantitative estimate of drug-likeness (QED) is 0.842. The Morgan fingerprint density at radius 2 is 2.20 bits per heavy atom. The SMILES string of the molecule is O=C(O)Cc1cnccc1OC(F)(F)F. The summed E-state index contributed by atoms with van der Waals surface area (Å²) in [4.78, 5) is 13.8. The minimum Gasteiger partial charge on any atom is -0.481 e. The smallest absolute Gasteiger partial charge is 0.481 e. The number of hydrogen-bond acceptors (Lipinski definition) is 3. The van der Waals surface area contributed by atoms with E-state index in [4.69, 9.17) is 5.11 Å². The van der Waals surface area contributed by atoms with Gasteiger partial charge in [0.2, 0.25) is 0 Å². The van der Waals surface area contributed by atoms with E-state index in [0.717, 1.165) is 18.5 Å². The van der Waals surface area contributed by atoms with Crippen molar-refractivity contribution >= 4 is 5.97 Å². The van der Waals surface area contributed by atoms with E-state index in [1.54, 1.807) is 0 Å². The van der Waals surface area contributed by atoms with Crippen molar-refractivity contribution in [1.82, 2.24) is 4.98 Å². The van der Waals surface area contributed by atoms with E-state index in [1.165, 1.54) is 0 Å². The Bertz CT molecular complexity index is 364. The first-order chi connectivity index (χ1) is 6.88. The van der Waals surface area contributed by atoms with Gasteiger partial charge < -0.3 is 9.84 Å². The van der Waals surface area contributed by atoms with Crippen molar-refractivity contribution in [2.45, 2.75) is 12.8 Å². The van der Waals surface area contributed by atoms with Crippen LogP contribution in [-0.2, 0) is 11.2 Å². The van der Waals surface area contributed by atoms with E-state index >= 15 is 0 Å². The highest BCUT2D eigenvalue weighted by Crippen LogP contribution is 2.25. The first kappa shape index (κ1) is 11.3. The number of aromatic nitrogens is 1. The van der Waals surface area contributed by atoms with Crippen molar-refractivity contribution in [3.05, 3.63) is 24.0 Å². The third-order valence-corrected chi connectivity index (χ3v) is 1.43. The summed E-state index contributed by atoms with van der Waals surface area (Å²) in [6.45, 7) is 0. The molecular weight excluding hydrogens is 215 g/mol. The van der Waals surface area contributed by atoms with Crippen LogP contribution in [0.2, 0.25) is 0 Å². The number of ether oxygens (including phenoxy) is 1. The van der Waals surface area contributed by atoms with Crippen molar-refractivity contribution in [3.8, 4) is 5.75 Å². The molecule has 0 aliphatic heterocycles. The molecule has 1 aromatic heterocycles. The summed E-state index contributed by atoms with van der Waals surface area (Å²) in [6.07, 6.45) is -3.30. The molecule has 0 atom stereocenters. The largest absolute Gasteiger partial charge is 0.573 e. The summed E-state index contributed by atoms with van der Waals surface area (Å²) < 4.78 is 39.2. The lowest BCUT2D eigenvalue weighted by atomic mass is 10.2. The van der Waals surface area contributed by atoms with Crippen LogP contribution in [0.3, 0.4) is 0 Å². The molecule has 82 valence electrons. The molecular formula is C8H6F3NO3. The topological polar surface area (TPSA) is 59.4 Å². The fourth-order valence-electron chi connectivity index (χ4n) is 0.934. The molecule has 7 heteroatoms. The molecule has 0 saturated heterocycles. The number of pyridine rings is 1. The minimum absolute atomic E-state index is 0.123. The predicted molar refractivity (Wildman–Crippen MR) is 42.3 cm³/mol. The molecule has 0 radical (unpaired) electrons. The first-order valence-electron chi connectivity index (χ1n) is 3.79. The molecule has 1 heterocycles. The number of rotatable bonds is 3. The molecule has 15 heavy (non-hydrogen) atoms. The van der Waals surface area contributed by atoms with Gasteiger partial charge in [-0.1, -0.05) is 0 Å². The molecule has 0 aromatic carbocycles. The van der Waals surface area contributed by atoms with Crippen molar-refractivity contribution in [2.24, 2.45) is 0 Å². The second-order valence-electron chi connectivity index (χ2n) is 2.60. The average molecular weight is 221 g/mol. The van der Waals surface area contributed by atoms with Gasteiger partial charge >= 0.3 is 12.3 Å².